The van der Waals surface area contributed by atoms with Crippen molar-refractivity contribution in [2.75, 3.05) is 38.8 Å². The Balaban J connectivity index is 1.40. The van der Waals surface area contributed by atoms with Crippen LogP contribution in [0, 0.1) is 5.92 Å². The second-order valence-corrected chi connectivity index (χ2v) is 9.02. The Morgan fingerprint density at radius 2 is 2.12 bits per heavy atom. The maximum Gasteiger partial charge on any atom is 0.265 e. The molecule has 0 amide bonds. The molecule has 2 aliphatic rings. The molecule has 0 saturated heterocycles. The van der Waals surface area contributed by atoms with Gasteiger partial charge in [-0.25, -0.2) is 0 Å². The van der Waals surface area contributed by atoms with Crippen LogP contribution >= 0.6 is 0 Å². The summed E-state index contributed by atoms with van der Waals surface area (Å²) in [5, 5.41) is 20.6. The molecular weight excluding hydrogens is 436 g/mol. The fourth-order valence-corrected chi connectivity index (χ4v) is 4.79. The third-order valence-corrected chi connectivity index (χ3v) is 6.44. The van der Waals surface area contributed by atoms with Gasteiger partial charge in [-0.05, 0) is 59.3 Å². The summed E-state index contributed by atoms with van der Waals surface area (Å²) in [6, 6.07) is 5.79. The van der Waals surface area contributed by atoms with Crippen molar-refractivity contribution < 1.29 is 14.0 Å². The first-order chi connectivity index (χ1) is 16.6. The van der Waals surface area contributed by atoms with E-state index < -0.39 is 0 Å². The molecule has 2 unspecified atom stereocenters. The number of nitrogens with zero attached hydrogens (tertiary/aromatic N) is 7. The smallest absolute Gasteiger partial charge is 0.265 e. The van der Waals surface area contributed by atoms with Crippen molar-refractivity contribution in [3.63, 3.8) is 0 Å². The second kappa shape index (κ2) is 9.41. The van der Waals surface area contributed by atoms with Crippen molar-refractivity contribution in [3.05, 3.63) is 42.6 Å². The van der Waals surface area contributed by atoms with E-state index in [4.69, 9.17) is 14.0 Å². The van der Waals surface area contributed by atoms with Crippen molar-refractivity contribution in [2.45, 2.75) is 37.6 Å². The van der Waals surface area contributed by atoms with Gasteiger partial charge in [0.1, 0.15) is 13.2 Å². The van der Waals surface area contributed by atoms with E-state index in [2.05, 4.69) is 37.6 Å². The molecule has 0 bridgehead atoms. The first kappa shape index (κ1) is 22.3. The number of hydrogen-bond acceptors (Lipinski definition) is 10. The molecule has 11 heteroatoms. The molecule has 1 aromatic carbocycles. The number of allylic oxidation sites excluding steroid dienone is 1. The lowest BCUT2D eigenvalue weighted by Gasteiger charge is -2.30. The van der Waals surface area contributed by atoms with E-state index in [9.17, 15) is 0 Å². The van der Waals surface area contributed by atoms with Gasteiger partial charge in [0.05, 0.1) is 11.2 Å². The zero-order chi connectivity index (χ0) is 23.5. The van der Waals surface area contributed by atoms with Crippen LogP contribution in [0.25, 0.3) is 5.69 Å². The Kier molecular flexibility index (Phi) is 6.18. The fourth-order valence-electron chi connectivity index (χ4n) is 4.79. The number of rotatable bonds is 9. The molecule has 2 atom stereocenters. The largest absolute Gasteiger partial charge is 0.486 e. The van der Waals surface area contributed by atoms with Crippen LogP contribution < -0.4 is 19.7 Å². The maximum atomic E-state index is 5.77. The second-order valence-electron chi connectivity index (χ2n) is 9.02. The third-order valence-electron chi connectivity index (χ3n) is 6.44. The van der Waals surface area contributed by atoms with Crippen molar-refractivity contribution in [3.8, 4) is 17.2 Å². The van der Waals surface area contributed by atoms with E-state index in [0.717, 1.165) is 42.9 Å². The quantitative estimate of drug-likeness (QED) is 0.471. The monoisotopic (exact) mass is 466 g/mol. The molecule has 1 aliphatic heterocycles. The number of nitrogens with one attached hydrogen (secondary N) is 1. The molecule has 11 nitrogen and oxygen atoms in total. The number of fused-ring (bicyclic) bond motifs is 1. The van der Waals surface area contributed by atoms with E-state index in [1.807, 2.05) is 43.3 Å². The zero-order valence-electron chi connectivity index (χ0n) is 19.6. The van der Waals surface area contributed by atoms with E-state index in [1.165, 1.54) is 0 Å². The number of ether oxygens (including phenoxy) is 2. The van der Waals surface area contributed by atoms with Crippen molar-refractivity contribution in [1.82, 2.24) is 35.7 Å². The SMILES string of the molecule is C=CCC1CCC(NCCc2nc(N(C)C)no2)(c2nnnn2-c2ccc3c(c2)OCCO3)C1. The first-order valence-electron chi connectivity index (χ1n) is 11.6. The van der Waals surface area contributed by atoms with E-state index in [1.54, 1.807) is 4.68 Å². The molecule has 3 heterocycles. The standard InChI is InChI=1S/C23H30N8O3/c1-4-5-16-8-10-23(15-16,24-11-9-20-25-22(27-34-20)30(2)3)21-26-28-29-31(21)17-6-7-18-19(14-17)33-13-12-32-18/h4,6-7,14,16,24H,1,5,8-13,15H2,2-3H3. The predicted molar refractivity (Wildman–Crippen MR) is 124 cm³/mol. The van der Waals surface area contributed by atoms with E-state index in [-0.39, 0.29) is 5.54 Å². The van der Waals surface area contributed by atoms with Gasteiger partial charge in [0.15, 0.2) is 17.3 Å². The Morgan fingerprint density at radius 1 is 1.26 bits per heavy atom. The van der Waals surface area contributed by atoms with Crippen LogP contribution in [0.4, 0.5) is 5.95 Å². The predicted octanol–water partition coefficient (Wildman–Crippen LogP) is 2.29. The van der Waals surface area contributed by atoms with Gasteiger partial charge in [0.25, 0.3) is 5.95 Å². The lowest BCUT2D eigenvalue weighted by molar-refractivity contribution is 0.171. The lowest BCUT2D eigenvalue weighted by Crippen LogP contribution is -2.43. The average molecular weight is 467 g/mol. The number of tetrazole rings is 1. The van der Waals surface area contributed by atoms with Crippen molar-refractivity contribution in [2.24, 2.45) is 5.92 Å². The Hall–Kier alpha value is -3.47. The Bertz CT molecular complexity index is 1140. The molecule has 2 aromatic heterocycles. The van der Waals surface area contributed by atoms with E-state index >= 15 is 0 Å². The highest BCUT2D eigenvalue weighted by Crippen LogP contribution is 2.43. The van der Waals surface area contributed by atoms with Gasteiger partial charge in [0.2, 0.25) is 5.89 Å². The van der Waals surface area contributed by atoms with Crippen LogP contribution in [0.3, 0.4) is 0 Å². The van der Waals surface area contributed by atoms with Crippen LogP contribution in [0.15, 0.2) is 35.4 Å². The highest BCUT2D eigenvalue weighted by atomic mass is 16.6. The minimum Gasteiger partial charge on any atom is -0.486 e. The molecule has 3 aromatic rings. The fraction of sp³-hybridized carbons (Fsp3) is 0.522. The Morgan fingerprint density at radius 3 is 2.91 bits per heavy atom. The van der Waals surface area contributed by atoms with Crippen LogP contribution in [0.2, 0.25) is 0 Å². The minimum absolute atomic E-state index is 0.380. The Labute approximate surface area is 198 Å². The summed E-state index contributed by atoms with van der Waals surface area (Å²) in [6.07, 6.45) is 6.47. The first-order valence-corrected chi connectivity index (χ1v) is 11.6. The van der Waals surface area contributed by atoms with Crippen LogP contribution in [-0.2, 0) is 12.0 Å². The van der Waals surface area contributed by atoms with E-state index in [0.29, 0.717) is 49.7 Å². The highest BCUT2D eigenvalue weighted by Gasteiger charge is 2.44. The molecule has 1 aliphatic carbocycles. The number of aromatic nitrogens is 6. The molecule has 34 heavy (non-hydrogen) atoms. The summed E-state index contributed by atoms with van der Waals surface area (Å²) < 4.78 is 18.6. The molecule has 1 fully saturated rings. The molecule has 1 N–H and O–H groups in total. The average Bonchev–Trinajstić information content (AvgIpc) is 3.60. The zero-order valence-corrected chi connectivity index (χ0v) is 19.6. The van der Waals surface area contributed by atoms with Gasteiger partial charge in [-0.15, -0.1) is 11.7 Å². The third kappa shape index (κ3) is 4.35. The minimum atomic E-state index is -0.380. The number of benzene rings is 1. The van der Waals surface area contributed by atoms with Gasteiger partial charge in [0, 0.05) is 33.1 Å². The summed E-state index contributed by atoms with van der Waals surface area (Å²) >= 11 is 0. The van der Waals surface area contributed by atoms with Crippen molar-refractivity contribution >= 4 is 5.95 Å². The number of hydrogen-bond donors (Lipinski definition) is 1. The van der Waals surface area contributed by atoms with Gasteiger partial charge in [-0.3, -0.25) is 0 Å². The van der Waals surface area contributed by atoms with Gasteiger partial charge < -0.3 is 24.2 Å². The van der Waals surface area contributed by atoms with Crippen LogP contribution in [0.1, 0.15) is 37.4 Å². The van der Waals surface area contributed by atoms with Gasteiger partial charge in [-0.1, -0.05) is 6.08 Å². The van der Waals surface area contributed by atoms with Gasteiger partial charge >= 0.3 is 0 Å². The molecule has 5 rings (SSSR count). The van der Waals surface area contributed by atoms with Crippen LogP contribution in [-0.4, -0.2) is 64.2 Å². The van der Waals surface area contributed by atoms with Crippen molar-refractivity contribution in [1.29, 1.82) is 0 Å². The lowest BCUT2D eigenvalue weighted by atomic mass is 9.93. The van der Waals surface area contributed by atoms with Crippen LogP contribution in [0.5, 0.6) is 11.5 Å². The molecule has 0 radical (unpaired) electrons. The molecule has 0 spiro atoms. The van der Waals surface area contributed by atoms with Gasteiger partial charge in [-0.2, -0.15) is 9.67 Å². The summed E-state index contributed by atoms with van der Waals surface area (Å²) in [5.74, 6) is 3.91. The highest BCUT2D eigenvalue weighted by molar-refractivity contribution is 5.49. The normalized spacial score (nSPS) is 21.5. The summed E-state index contributed by atoms with van der Waals surface area (Å²) in [4.78, 5) is 6.25. The molecule has 180 valence electrons. The molecular formula is C23H30N8O3. The summed E-state index contributed by atoms with van der Waals surface area (Å²) in [7, 11) is 3.77. The summed E-state index contributed by atoms with van der Waals surface area (Å²) in [6.45, 7) is 5.67. The topological polar surface area (TPSA) is 116 Å². The summed E-state index contributed by atoms with van der Waals surface area (Å²) in [5.41, 5.74) is 0.458. The number of anilines is 1. The maximum absolute atomic E-state index is 5.77. The molecule has 1 saturated carbocycles.